The molecule has 4 aromatic rings. The van der Waals surface area contributed by atoms with Crippen LogP contribution in [-0.2, 0) is 6.54 Å². The number of hydrogen-bond acceptors (Lipinski definition) is 5. The Morgan fingerprint density at radius 1 is 1.42 bits per heavy atom. The number of aromatic nitrogens is 4. The summed E-state index contributed by atoms with van der Waals surface area (Å²) < 4.78 is 3.91. The Kier molecular flexibility index (Phi) is 4.21. The molecule has 7 nitrogen and oxygen atoms in total. The van der Waals surface area contributed by atoms with Gasteiger partial charge in [-0.3, -0.25) is 9.20 Å². The Bertz CT molecular complexity index is 1160. The predicted molar refractivity (Wildman–Crippen MR) is 103 cm³/mol. The molecule has 0 atom stereocenters. The summed E-state index contributed by atoms with van der Waals surface area (Å²) in [6.07, 6.45) is 3.34. The SMILES string of the molecule is CCn1c(C)nc2cc(C(=O)N/N=C\c3c(Cl)nc4sccn34)ccc21. The molecule has 0 saturated carbocycles. The fourth-order valence-electron chi connectivity index (χ4n) is 2.90. The van der Waals surface area contributed by atoms with Crippen molar-refractivity contribution in [2.24, 2.45) is 5.10 Å². The van der Waals surface area contributed by atoms with Crippen molar-refractivity contribution < 1.29 is 4.79 Å². The summed E-state index contributed by atoms with van der Waals surface area (Å²) >= 11 is 7.57. The van der Waals surface area contributed by atoms with Crippen molar-refractivity contribution in [3.8, 4) is 0 Å². The quantitative estimate of drug-likeness (QED) is 0.431. The van der Waals surface area contributed by atoms with Crippen LogP contribution in [0.3, 0.4) is 0 Å². The Morgan fingerprint density at radius 2 is 2.27 bits per heavy atom. The van der Waals surface area contributed by atoms with E-state index in [0.717, 1.165) is 28.4 Å². The molecule has 0 fully saturated rings. The summed E-state index contributed by atoms with van der Waals surface area (Å²) in [5.41, 5.74) is 5.44. The third kappa shape index (κ3) is 2.77. The van der Waals surface area contributed by atoms with Gasteiger partial charge in [0.2, 0.25) is 0 Å². The van der Waals surface area contributed by atoms with E-state index in [1.54, 1.807) is 12.1 Å². The van der Waals surface area contributed by atoms with Crippen molar-refractivity contribution in [2.45, 2.75) is 20.4 Å². The van der Waals surface area contributed by atoms with Crippen LogP contribution in [-0.4, -0.2) is 31.1 Å². The number of benzene rings is 1. The molecule has 0 saturated heterocycles. The lowest BCUT2D eigenvalue weighted by Crippen LogP contribution is -2.17. The Morgan fingerprint density at radius 3 is 3.08 bits per heavy atom. The summed E-state index contributed by atoms with van der Waals surface area (Å²) in [5, 5.41) is 6.26. The molecule has 3 heterocycles. The van der Waals surface area contributed by atoms with Gasteiger partial charge >= 0.3 is 0 Å². The van der Waals surface area contributed by atoms with Gasteiger partial charge in [-0.1, -0.05) is 11.6 Å². The van der Waals surface area contributed by atoms with Crippen LogP contribution in [0.5, 0.6) is 0 Å². The summed E-state index contributed by atoms with van der Waals surface area (Å²) in [6.45, 7) is 4.85. The molecule has 0 bridgehead atoms. The monoisotopic (exact) mass is 386 g/mol. The number of fused-ring (bicyclic) bond motifs is 2. The number of nitrogens with zero attached hydrogens (tertiary/aromatic N) is 5. The Hall–Kier alpha value is -2.71. The second-order valence-corrected chi connectivity index (χ2v) is 6.88. The van der Waals surface area contributed by atoms with E-state index in [9.17, 15) is 4.79 Å². The van der Waals surface area contributed by atoms with Crippen LogP contribution < -0.4 is 5.43 Å². The zero-order valence-corrected chi connectivity index (χ0v) is 15.7. The zero-order valence-electron chi connectivity index (χ0n) is 14.1. The molecule has 1 amide bonds. The standard InChI is InChI=1S/C17H15ClN6OS/c1-3-23-10(2)20-12-8-11(4-5-13(12)23)16(25)22-19-9-14-15(18)21-17-24(14)6-7-26-17/h4-9H,3H2,1-2H3,(H,22,25)/b19-9-. The number of amides is 1. The Balaban J connectivity index is 1.55. The first-order valence-corrected chi connectivity index (χ1v) is 9.25. The molecule has 26 heavy (non-hydrogen) atoms. The number of halogens is 1. The lowest BCUT2D eigenvalue weighted by Gasteiger charge is -2.03. The number of carbonyl (C=O) groups excluding carboxylic acids is 1. The van der Waals surface area contributed by atoms with Crippen LogP contribution in [0.25, 0.3) is 16.0 Å². The van der Waals surface area contributed by atoms with E-state index < -0.39 is 0 Å². The molecule has 0 aliphatic heterocycles. The number of nitrogens with one attached hydrogen (secondary N) is 1. The van der Waals surface area contributed by atoms with Crippen LogP contribution in [0.4, 0.5) is 0 Å². The average Bonchev–Trinajstić information content (AvgIpc) is 3.27. The van der Waals surface area contributed by atoms with E-state index in [0.29, 0.717) is 16.4 Å². The molecule has 132 valence electrons. The third-order valence-corrected chi connectivity index (χ3v) is 5.16. The minimum Gasteiger partial charge on any atom is -0.329 e. The normalized spacial score (nSPS) is 11.8. The summed E-state index contributed by atoms with van der Waals surface area (Å²) in [6, 6.07) is 5.44. The second-order valence-electron chi connectivity index (χ2n) is 5.65. The van der Waals surface area contributed by atoms with Gasteiger partial charge in [-0.2, -0.15) is 5.10 Å². The van der Waals surface area contributed by atoms with Crippen LogP contribution in [0.1, 0.15) is 28.8 Å². The van der Waals surface area contributed by atoms with Crippen molar-refractivity contribution in [3.05, 3.63) is 52.0 Å². The molecule has 4 rings (SSSR count). The smallest absolute Gasteiger partial charge is 0.271 e. The maximum atomic E-state index is 12.4. The topological polar surface area (TPSA) is 76.6 Å². The average molecular weight is 387 g/mol. The van der Waals surface area contributed by atoms with Gasteiger partial charge in [0.15, 0.2) is 10.1 Å². The van der Waals surface area contributed by atoms with Gasteiger partial charge in [-0.05, 0) is 32.0 Å². The molecule has 9 heteroatoms. The predicted octanol–water partition coefficient (Wildman–Crippen LogP) is 3.49. The van der Waals surface area contributed by atoms with Gasteiger partial charge in [-0.25, -0.2) is 15.4 Å². The largest absolute Gasteiger partial charge is 0.329 e. The fraction of sp³-hybridized carbons (Fsp3) is 0.176. The number of thiazole rings is 1. The highest BCUT2D eigenvalue weighted by Gasteiger charge is 2.11. The number of carbonyl (C=O) groups is 1. The van der Waals surface area contributed by atoms with E-state index in [1.807, 2.05) is 29.0 Å². The van der Waals surface area contributed by atoms with Crippen molar-refractivity contribution >= 4 is 51.1 Å². The molecular weight excluding hydrogens is 372 g/mol. The van der Waals surface area contributed by atoms with Gasteiger partial charge in [0.1, 0.15) is 11.5 Å². The highest BCUT2D eigenvalue weighted by molar-refractivity contribution is 7.15. The van der Waals surface area contributed by atoms with E-state index in [4.69, 9.17) is 11.6 Å². The van der Waals surface area contributed by atoms with Gasteiger partial charge < -0.3 is 4.57 Å². The van der Waals surface area contributed by atoms with Crippen molar-refractivity contribution in [2.75, 3.05) is 0 Å². The number of hydrogen-bond donors (Lipinski definition) is 1. The second kappa shape index (κ2) is 6.54. The number of imidazole rings is 2. The molecule has 0 unspecified atom stereocenters. The highest BCUT2D eigenvalue weighted by Crippen LogP contribution is 2.20. The summed E-state index contributed by atoms with van der Waals surface area (Å²) in [7, 11) is 0. The number of aryl methyl sites for hydroxylation is 2. The van der Waals surface area contributed by atoms with Gasteiger partial charge in [0.05, 0.1) is 17.2 Å². The van der Waals surface area contributed by atoms with E-state index in [2.05, 4.69) is 32.0 Å². The molecule has 0 aliphatic rings. The fourth-order valence-corrected chi connectivity index (χ4v) is 3.89. The number of rotatable bonds is 4. The molecule has 0 spiro atoms. The first kappa shape index (κ1) is 16.7. The van der Waals surface area contributed by atoms with Crippen molar-refractivity contribution in [1.82, 2.24) is 24.4 Å². The molecule has 0 aliphatic carbocycles. The summed E-state index contributed by atoms with van der Waals surface area (Å²) in [5.74, 6) is 0.613. The van der Waals surface area contributed by atoms with Gasteiger partial charge in [0.25, 0.3) is 5.91 Å². The van der Waals surface area contributed by atoms with Gasteiger partial charge in [-0.15, -0.1) is 11.3 Å². The Labute approximate surface area is 157 Å². The first-order valence-electron chi connectivity index (χ1n) is 8.00. The van der Waals surface area contributed by atoms with E-state index in [1.165, 1.54) is 17.6 Å². The van der Waals surface area contributed by atoms with Crippen molar-refractivity contribution in [1.29, 1.82) is 0 Å². The minimum atomic E-state index is -0.311. The van der Waals surface area contributed by atoms with Crippen LogP contribution in [0.15, 0.2) is 34.9 Å². The van der Waals surface area contributed by atoms with E-state index in [-0.39, 0.29) is 5.91 Å². The van der Waals surface area contributed by atoms with Gasteiger partial charge in [0, 0.05) is 23.7 Å². The van der Waals surface area contributed by atoms with Crippen LogP contribution in [0.2, 0.25) is 5.15 Å². The van der Waals surface area contributed by atoms with Crippen molar-refractivity contribution in [3.63, 3.8) is 0 Å². The van der Waals surface area contributed by atoms with E-state index >= 15 is 0 Å². The number of hydrazone groups is 1. The molecule has 0 radical (unpaired) electrons. The molecule has 1 aromatic carbocycles. The van der Waals surface area contributed by atoms with Crippen LogP contribution >= 0.6 is 22.9 Å². The van der Waals surface area contributed by atoms with Crippen LogP contribution in [0, 0.1) is 6.92 Å². The highest BCUT2D eigenvalue weighted by atomic mass is 35.5. The third-order valence-electron chi connectivity index (χ3n) is 4.12. The molecular formula is C17H15ClN6OS. The summed E-state index contributed by atoms with van der Waals surface area (Å²) in [4.78, 5) is 21.9. The zero-order chi connectivity index (χ0) is 18.3. The molecule has 1 N–H and O–H groups in total. The minimum absolute atomic E-state index is 0.311. The molecule has 3 aromatic heterocycles. The maximum Gasteiger partial charge on any atom is 0.271 e. The lowest BCUT2D eigenvalue weighted by atomic mass is 10.2. The first-order chi connectivity index (χ1) is 12.6. The lowest BCUT2D eigenvalue weighted by molar-refractivity contribution is 0.0955. The maximum absolute atomic E-state index is 12.4.